The van der Waals surface area contributed by atoms with E-state index in [0.29, 0.717) is 19.5 Å². The van der Waals surface area contributed by atoms with Gasteiger partial charge in [0.15, 0.2) is 12.2 Å². The van der Waals surface area contributed by atoms with E-state index in [-0.39, 0.29) is 46.2 Å². The van der Waals surface area contributed by atoms with Crippen LogP contribution in [-0.2, 0) is 43.1 Å². The summed E-state index contributed by atoms with van der Waals surface area (Å²) >= 11 is 9.13. The molecule has 4 atom stereocenters. The van der Waals surface area contributed by atoms with Crippen LogP contribution in [0.3, 0.4) is 0 Å². The van der Waals surface area contributed by atoms with Gasteiger partial charge in [-0.05, 0) is 81.5 Å². The van der Waals surface area contributed by atoms with Gasteiger partial charge in [0.25, 0.3) is 0 Å². The first-order valence-corrected chi connectivity index (χ1v) is 25.0. The molecule has 0 radical (unpaired) electrons. The van der Waals surface area contributed by atoms with Crippen molar-refractivity contribution in [2.24, 2.45) is 0 Å². The number of ether oxygens (including phenoxy) is 2. The SMILES string of the molecule is C[N+]1(CCCc2cccs2)CCC(OC(=O)C(O)(c2cccs2)c2cccs2)C1.C[N+]1(CCCc2cccs2)CCC(OC(=O)C(O)(c2cccs2)c2cccs2)C1.[Br-].[Br-]. The second kappa shape index (κ2) is 22.0. The number of halogens is 2. The van der Waals surface area contributed by atoms with Crippen LogP contribution in [0, 0.1) is 0 Å². The number of hydrogen-bond donors (Lipinski definition) is 2. The van der Waals surface area contributed by atoms with E-state index in [9.17, 15) is 19.8 Å². The third-order valence-corrected chi connectivity index (χ3v) is 17.1. The first-order chi connectivity index (χ1) is 28.0. The van der Waals surface area contributed by atoms with Gasteiger partial charge in [-0.1, -0.05) is 36.4 Å². The molecule has 0 aromatic carbocycles. The number of quaternary nitrogens is 2. The Bertz CT molecular complexity index is 1910. The summed E-state index contributed by atoms with van der Waals surface area (Å²) in [6.45, 7) is 5.76. The molecule has 8 rings (SSSR count). The lowest BCUT2D eigenvalue weighted by molar-refractivity contribution is -0.899. The number of rotatable bonds is 16. The van der Waals surface area contributed by atoms with Gasteiger partial charge in [0, 0.05) is 35.4 Å². The van der Waals surface area contributed by atoms with Gasteiger partial charge in [0.05, 0.1) is 59.8 Å². The van der Waals surface area contributed by atoms with E-state index in [1.807, 2.05) is 68.5 Å². The highest BCUT2D eigenvalue weighted by atomic mass is 79.9. The van der Waals surface area contributed by atoms with Gasteiger partial charge < -0.3 is 62.6 Å². The van der Waals surface area contributed by atoms with E-state index in [1.54, 1.807) is 24.3 Å². The zero-order valence-corrected chi connectivity index (χ0v) is 41.7. The van der Waals surface area contributed by atoms with Crippen molar-refractivity contribution >= 4 is 80.0 Å². The molecule has 6 aromatic rings. The fourth-order valence-electron chi connectivity index (χ4n) is 8.09. The Morgan fingerprint density at radius 3 is 1.17 bits per heavy atom. The van der Waals surface area contributed by atoms with Gasteiger partial charge in [-0.15, -0.1) is 68.0 Å². The summed E-state index contributed by atoms with van der Waals surface area (Å²) in [7, 11) is 4.49. The van der Waals surface area contributed by atoms with Crippen molar-refractivity contribution in [2.45, 2.75) is 61.9 Å². The molecule has 2 aliphatic rings. The van der Waals surface area contributed by atoms with Crippen molar-refractivity contribution in [2.75, 3.05) is 53.4 Å². The Morgan fingerprint density at radius 1 is 0.567 bits per heavy atom. The second-order valence-corrected chi connectivity index (χ2v) is 21.7. The van der Waals surface area contributed by atoms with Crippen LogP contribution >= 0.6 is 68.0 Å². The van der Waals surface area contributed by atoms with Gasteiger partial charge >= 0.3 is 11.9 Å². The molecular formula is C44H52Br2N2O6S6. The highest BCUT2D eigenvalue weighted by Gasteiger charge is 2.48. The zero-order chi connectivity index (χ0) is 40.6. The topological polar surface area (TPSA) is 93.1 Å². The molecule has 324 valence electrons. The Labute approximate surface area is 398 Å². The Kier molecular flexibility index (Phi) is 18.0. The highest BCUT2D eigenvalue weighted by molar-refractivity contribution is 7.12. The summed E-state index contributed by atoms with van der Waals surface area (Å²) in [6, 6.07) is 23.2. The van der Waals surface area contributed by atoms with E-state index in [4.69, 9.17) is 9.47 Å². The third-order valence-electron chi connectivity index (χ3n) is 11.3. The number of likely N-dealkylation sites (N-methyl/N-ethyl adjacent to an activating group) is 2. The molecule has 6 aromatic heterocycles. The lowest BCUT2D eigenvalue weighted by atomic mass is 10.00. The Hall–Kier alpha value is -2.06. The fraction of sp³-hybridized carbons (Fsp3) is 0.409. The second-order valence-electron chi connectivity index (χ2n) is 15.8. The smallest absolute Gasteiger partial charge is 0.349 e. The molecule has 2 fully saturated rings. The monoisotopic (exact) mass is 1050 g/mol. The molecule has 8 heterocycles. The molecule has 2 aliphatic heterocycles. The quantitative estimate of drug-likeness (QED) is 0.115. The number of aliphatic hydroxyl groups is 2. The number of aryl methyl sites for hydroxylation is 2. The van der Waals surface area contributed by atoms with E-state index >= 15 is 0 Å². The number of esters is 2. The standard InChI is InChI=1S/2C22H26NO3S3.2BrH/c2*1-23(11-2-6-18-7-3-13-27-18)12-10-17(16-23)26-21(24)22(25,19-8-4-14-28-19)20-9-5-15-29-20;;/h2*3-5,7-9,13-15,17,25H,2,6,10-12,16H2,1H3;2*1H/q2*+1;;/p-2. The summed E-state index contributed by atoms with van der Waals surface area (Å²) in [6.07, 6.45) is 5.84. The summed E-state index contributed by atoms with van der Waals surface area (Å²) in [4.78, 5) is 31.6. The van der Waals surface area contributed by atoms with E-state index in [1.165, 1.54) is 55.1 Å². The van der Waals surface area contributed by atoms with E-state index < -0.39 is 23.1 Å². The van der Waals surface area contributed by atoms with Gasteiger partial charge in [-0.25, -0.2) is 9.59 Å². The molecule has 60 heavy (non-hydrogen) atoms. The van der Waals surface area contributed by atoms with Gasteiger partial charge in [-0.3, -0.25) is 0 Å². The molecule has 16 heteroatoms. The molecule has 0 spiro atoms. The summed E-state index contributed by atoms with van der Waals surface area (Å²) in [5.41, 5.74) is -3.43. The molecule has 0 bridgehead atoms. The van der Waals surface area contributed by atoms with Gasteiger partial charge in [0.1, 0.15) is 13.1 Å². The lowest BCUT2D eigenvalue weighted by Gasteiger charge is -2.30. The minimum Gasteiger partial charge on any atom is -1.00 e. The van der Waals surface area contributed by atoms with Crippen LogP contribution in [0.4, 0.5) is 0 Å². The number of thiophene rings is 6. The van der Waals surface area contributed by atoms with Crippen molar-refractivity contribution in [3.63, 3.8) is 0 Å². The molecule has 0 amide bonds. The molecule has 8 nitrogen and oxygen atoms in total. The summed E-state index contributed by atoms with van der Waals surface area (Å²) in [5, 5.41) is 34.5. The van der Waals surface area contributed by atoms with Crippen molar-refractivity contribution in [1.82, 2.24) is 0 Å². The molecule has 2 saturated heterocycles. The highest BCUT2D eigenvalue weighted by Crippen LogP contribution is 2.39. The largest absolute Gasteiger partial charge is 1.00 e. The van der Waals surface area contributed by atoms with Crippen LogP contribution in [-0.4, -0.2) is 96.7 Å². The lowest BCUT2D eigenvalue weighted by Crippen LogP contribution is -3.00. The van der Waals surface area contributed by atoms with Crippen LogP contribution in [0.1, 0.15) is 54.9 Å². The number of carbonyl (C=O) groups is 2. The average molecular weight is 1060 g/mol. The molecule has 2 N–H and O–H groups in total. The van der Waals surface area contributed by atoms with Crippen LogP contribution in [0.2, 0.25) is 0 Å². The van der Waals surface area contributed by atoms with Crippen molar-refractivity contribution in [1.29, 1.82) is 0 Å². The van der Waals surface area contributed by atoms with Crippen molar-refractivity contribution in [3.05, 3.63) is 134 Å². The van der Waals surface area contributed by atoms with E-state index in [0.717, 1.165) is 86.8 Å². The molecule has 4 unspecified atom stereocenters. The summed E-state index contributed by atoms with van der Waals surface area (Å²) in [5.74, 6) is -1.11. The van der Waals surface area contributed by atoms with Crippen LogP contribution in [0.25, 0.3) is 0 Å². The first-order valence-electron chi connectivity index (χ1n) is 19.7. The Morgan fingerprint density at radius 2 is 0.883 bits per heavy atom. The van der Waals surface area contributed by atoms with Gasteiger partial charge in [-0.2, -0.15) is 0 Å². The number of carbonyl (C=O) groups excluding carboxylic acids is 2. The first kappa shape index (κ1) is 49.0. The molecular weight excluding hydrogens is 1000 g/mol. The summed E-state index contributed by atoms with van der Waals surface area (Å²) < 4.78 is 13.6. The maximum absolute atomic E-state index is 13.1. The predicted molar refractivity (Wildman–Crippen MR) is 239 cm³/mol. The average Bonchev–Trinajstić information content (AvgIpc) is 4.05. The normalized spacial score (nSPS) is 21.3. The van der Waals surface area contributed by atoms with Crippen molar-refractivity contribution in [3.8, 4) is 0 Å². The zero-order valence-electron chi connectivity index (χ0n) is 33.7. The maximum atomic E-state index is 13.1. The molecule has 0 aliphatic carbocycles. The van der Waals surface area contributed by atoms with Crippen LogP contribution in [0.15, 0.2) is 105 Å². The fourth-order valence-corrected chi connectivity index (χ4v) is 13.0. The van der Waals surface area contributed by atoms with Gasteiger partial charge in [0.2, 0.25) is 11.2 Å². The van der Waals surface area contributed by atoms with Crippen molar-refractivity contribution < 1.29 is 72.2 Å². The number of hydrogen-bond acceptors (Lipinski definition) is 12. The Balaban J connectivity index is 0.000000220. The van der Waals surface area contributed by atoms with Crippen LogP contribution in [0.5, 0.6) is 0 Å². The molecule has 0 saturated carbocycles. The third kappa shape index (κ3) is 11.7. The van der Waals surface area contributed by atoms with Crippen LogP contribution < -0.4 is 34.0 Å². The maximum Gasteiger partial charge on any atom is 0.349 e. The minimum absolute atomic E-state index is 0. The number of likely N-dealkylation sites (tertiary alicyclic amines) is 2. The predicted octanol–water partition coefficient (Wildman–Crippen LogP) is 3.01. The minimum atomic E-state index is -1.71. The number of nitrogens with zero attached hydrogens (tertiary/aromatic N) is 2. The van der Waals surface area contributed by atoms with E-state index in [2.05, 4.69) is 49.1 Å².